The monoisotopic (exact) mass is 371 g/mol. The van der Waals surface area contributed by atoms with Crippen LogP contribution < -0.4 is 5.32 Å². The molecule has 0 unspecified atom stereocenters. The van der Waals surface area contributed by atoms with Crippen LogP contribution >= 0.6 is 23.1 Å². The summed E-state index contributed by atoms with van der Waals surface area (Å²) in [5, 5.41) is 2.67. The average Bonchev–Trinajstić information content (AvgIpc) is 3.08. The molecule has 3 aromatic rings. The van der Waals surface area contributed by atoms with Crippen molar-refractivity contribution in [2.45, 2.75) is 11.8 Å². The first-order chi connectivity index (χ1) is 12.1. The average molecular weight is 372 g/mol. The summed E-state index contributed by atoms with van der Waals surface area (Å²) in [7, 11) is 1.62. The molecule has 0 saturated heterocycles. The van der Waals surface area contributed by atoms with Crippen molar-refractivity contribution in [1.29, 1.82) is 0 Å². The van der Waals surface area contributed by atoms with E-state index in [1.165, 1.54) is 28.4 Å². The van der Waals surface area contributed by atoms with Gasteiger partial charge in [0.05, 0.1) is 4.88 Å². The van der Waals surface area contributed by atoms with Crippen LogP contribution in [0.3, 0.4) is 0 Å². The fourth-order valence-electron chi connectivity index (χ4n) is 2.55. The maximum absolute atomic E-state index is 13.3. The summed E-state index contributed by atoms with van der Waals surface area (Å²) in [6.45, 7) is 2.12. The predicted octanol–water partition coefficient (Wildman–Crippen LogP) is 5.69. The SMILES string of the molecule is CCSc1ccc(-c2cc(C(=O)NC)sc2-c2ccc(F)cc2)cc1. The number of halogens is 1. The molecule has 1 N–H and O–H groups in total. The molecule has 1 heterocycles. The fraction of sp³-hybridized carbons (Fsp3) is 0.150. The number of carbonyl (C=O) groups excluding carboxylic acids is 1. The lowest BCUT2D eigenvalue weighted by atomic mass is 10.0. The molecule has 0 atom stereocenters. The summed E-state index contributed by atoms with van der Waals surface area (Å²) in [6.07, 6.45) is 0. The third-order valence-corrected chi connectivity index (χ3v) is 5.84. The van der Waals surface area contributed by atoms with E-state index in [2.05, 4.69) is 36.5 Å². The quantitative estimate of drug-likeness (QED) is 0.584. The maximum Gasteiger partial charge on any atom is 0.261 e. The number of thioether (sulfide) groups is 1. The fourth-order valence-corrected chi connectivity index (χ4v) is 4.35. The van der Waals surface area contributed by atoms with Gasteiger partial charge in [0.15, 0.2) is 0 Å². The number of amides is 1. The van der Waals surface area contributed by atoms with Gasteiger partial charge in [-0.05, 0) is 47.2 Å². The number of nitrogens with one attached hydrogen (secondary N) is 1. The Hall–Kier alpha value is -2.11. The standard InChI is InChI=1S/C20H18FNOS2/c1-3-24-16-10-6-13(7-11-16)17-12-18(20(23)22-2)25-19(17)14-4-8-15(21)9-5-14/h4-12H,3H2,1-2H3,(H,22,23). The van der Waals surface area contributed by atoms with Gasteiger partial charge >= 0.3 is 0 Å². The molecular weight excluding hydrogens is 353 g/mol. The molecule has 0 aliphatic rings. The zero-order valence-electron chi connectivity index (χ0n) is 14.0. The van der Waals surface area contributed by atoms with E-state index >= 15 is 0 Å². The van der Waals surface area contributed by atoms with E-state index in [1.807, 2.05) is 6.07 Å². The van der Waals surface area contributed by atoms with Crippen molar-refractivity contribution in [2.75, 3.05) is 12.8 Å². The Labute approximate surface area is 155 Å². The number of rotatable bonds is 5. The summed E-state index contributed by atoms with van der Waals surface area (Å²) in [5.41, 5.74) is 2.94. The Kier molecular flexibility index (Phi) is 5.56. The highest BCUT2D eigenvalue weighted by atomic mass is 32.2. The Morgan fingerprint density at radius 3 is 2.32 bits per heavy atom. The molecule has 0 bridgehead atoms. The number of hydrogen-bond acceptors (Lipinski definition) is 3. The van der Waals surface area contributed by atoms with Crippen molar-refractivity contribution in [1.82, 2.24) is 5.32 Å². The summed E-state index contributed by atoms with van der Waals surface area (Å²) < 4.78 is 13.3. The van der Waals surface area contributed by atoms with Crippen LogP contribution in [-0.2, 0) is 0 Å². The minimum atomic E-state index is -0.269. The molecule has 1 aromatic heterocycles. The van der Waals surface area contributed by atoms with Gasteiger partial charge in [-0.25, -0.2) is 4.39 Å². The highest BCUT2D eigenvalue weighted by Gasteiger charge is 2.16. The molecule has 0 radical (unpaired) electrons. The minimum Gasteiger partial charge on any atom is -0.354 e. The van der Waals surface area contributed by atoms with Crippen molar-refractivity contribution < 1.29 is 9.18 Å². The normalized spacial score (nSPS) is 10.7. The van der Waals surface area contributed by atoms with Gasteiger partial charge in [-0.1, -0.05) is 31.2 Å². The van der Waals surface area contributed by atoms with Crippen LogP contribution in [-0.4, -0.2) is 18.7 Å². The van der Waals surface area contributed by atoms with Crippen LogP contribution in [0.1, 0.15) is 16.6 Å². The van der Waals surface area contributed by atoms with Gasteiger partial charge in [-0.15, -0.1) is 23.1 Å². The Morgan fingerprint density at radius 2 is 1.72 bits per heavy atom. The number of benzene rings is 2. The Bertz CT molecular complexity index is 870. The van der Waals surface area contributed by atoms with Crippen molar-refractivity contribution in [2.24, 2.45) is 0 Å². The molecule has 5 heteroatoms. The first-order valence-electron chi connectivity index (χ1n) is 7.97. The number of thiophene rings is 1. The van der Waals surface area contributed by atoms with Crippen molar-refractivity contribution in [3.63, 3.8) is 0 Å². The number of carbonyl (C=O) groups is 1. The lowest BCUT2D eigenvalue weighted by Crippen LogP contribution is -2.16. The summed E-state index contributed by atoms with van der Waals surface area (Å²) in [4.78, 5) is 14.9. The largest absolute Gasteiger partial charge is 0.354 e. The van der Waals surface area contributed by atoms with E-state index in [0.29, 0.717) is 4.88 Å². The Balaban J connectivity index is 2.08. The van der Waals surface area contributed by atoms with Gasteiger partial charge in [0.2, 0.25) is 0 Å². The molecule has 0 spiro atoms. The molecular formula is C20H18FNOS2. The van der Waals surface area contributed by atoms with Gasteiger partial charge < -0.3 is 5.32 Å². The second kappa shape index (κ2) is 7.85. The molecule has 0 aliphatic heterocycles. The first-order valence-corrected chi connectivity index (χ1v) is 9.77. The number of hydrogen-bond donors (Lipinski definition) is 1. The van der Waals surface area contributed by atoms with Crippen molar-refractivity contribution in [3.8, 4) is 21.6 Å². The van der Waals surface area contributed by atoms with Crippen LogP contribution in [0.5, 0.6) is 0 Å². The summed E-state index contributed by atoms with van der Waals surface area (Å²) in [5.74, 6) is 0.645. The van der Waals surface area contributed by atoms with Crippen LogP contribution in [0, 0.1) is 5.82 Å². The zero-order chi connectivity index (χ0) is 17.8. The molecule has 2 nitrogen and oxygen atoms in total. The molecule has 128 valence electrons. The van der Waals surface area contributed by atoms with Gasteiger partial charge in [-0.3, -0.25) is 4.79 Å². The van der Waals surface area contributed by atoms with E-state index in [0.717, 1.165) is 27.3 Å². The highest BCUT2D eigenvalue weighted by molar-refractivity contribution is 7.99. The molecule has 0 saturated carbocycles. The first kappa shape index (κ1) is 17.7. The molecule has 0 aliphatic carbocycles. The molecule has 25 heavy (non-hydrogen) atoms. The van der Waals surface area contributed by atoms with Gasteiger partial charge in [0.1, 0.15) is 5.82 Å². The third-order valence-electron chi connectivity index (χ3n) is 3.77. The van der Waals surface area contributed by atoms with E-state index in [1.54, 1.807) is 30.9 Å². The van der Waals surface area contributed by atoms with Crippen molar-refractivity contribution >= 4 is 29.0 Å². The highest BCUT2D eigenvalue weighted by Crippen LogP contribution is 2.40. The summed E-state index contributed by atoms with van der Waals surface area (Å²) in [6, 6.07) is 16.6. The molecule has 0 fully saturated rings. The van der Waals surface area contributed by atoms with Crippen LogP contribution in [0.2, 0.25) is 0 Å². The van der Waals surface area contributed by atoms with Gasteiger partial charge in [0, 0.05) is 22.4 Å². The lowest BCUT2D eigenvalue weighted by Gasteiger charge is -2.06. The topological polar surface area (TPSA) is 29.1 Å². The van der Waals surface area contributed by atoms with E-state index < -0.39 is 0 Å². The minimum absolute atomic E-state index is 0.113. The van der Waals surface area contributed by atoms with Crippen molar-refractivity contribution in [3.05, 3.63) is 65.3 Å². The van der Waals surface area contributed by atoms with Gasteiger partial charge in [0.25, 0.3) is 5.91 Å². The zero-order valence-corrected chi connectivity index (χ0v) is 15.6. The van der Waals surface area contributed by atoms with E-state index in [4.69, 9.17) is 0 Å². The van der Waals surface area contributed by atoms with E-state index in [9.17, 15) is 9.18 Å². The van der Waals surface area contributed by atoms with Crippen LogP contribution in [0.25, 0.3) is 21.6 Å². The van der Waals surface area contributed by atoms with E-state index in [-0.39, 0.29) is 11.7 Å². The van der Waals surface area contributed by atoms with Crippen LogP contribution in [0.4, 0.5) is 4.39 Å². The Morgan fingerprint density at radius 1 is 1.08 bits per heavy atom. The van der Waals surface area contributed by atoms with Crippen LogP contribution in [0.15, 0.2) is 59.5 Å². The second-order valence-corrected chi connectivity index (χ2v) is 7.79. The molecule has 2 aromatic carbocycles. The molecule has 1 amide bonds. The van der Waals surface area contributed by atoms with Gasteiger partial charge in [-0.2, -0.15) is 0 Å². The maximum atomic E-state index is 13.3. The predicted molar refractivity (Wildman–Crippen MR) is 105 cm³/mol. The third kappa shape index (κ3) is 3.94. The lowest BCUT2D eigenvalue weighted by molar-refractivity contribution is 0.0967. The smallest absolute Gasteiger partial charge is 0.261 e. The second-order valence-electron chi connectivity index (χ2n) is 5.40. The summed E-state index contributed by atoms with van der Waals surface area (Å²) >= 11 is 3.21. The molecule has 3 rings (SSSR count).